The van der Waals surface area contributed by atoms with Crippen LogP contribution in [0.3, 0.4) is 0 Å². The second-order valence-corrected chi connectivity index (χ2v) is 5.29. The highest BCUT2D eigenvalue weighted by molar-refractivity contribution is 6.06. The molecule has 2 aromatic rings. The van der Waals surface area contributed by atoms with E-state index in [1.54, 1.807) is 16.9 Å². The van der Waals surface area contributed by atoms with E-state index < -0.39 is 6.61 Å². The summed E-state index contributed by atoms with van der Waals surface area (Å²) in [6.45, 7) is 0.958. The minimum absolute atomic E-state index is 0.0882. The number of aromatic nitrogens is 2. The average Bonchev–Trinajstić information content (AvgIpc) is 3.02. The summed E-state index contributed by atoms with van der Waals surface area (Å²) in [7, 11) is 1.36. The summed E-state index contributed by atoms with van der Waals surface area (Å²) in [4.78, 5) is 12.1. The summed E-state index contributed by atoms with van der Waals surface area (Å²) in [6, 6.07) is 4.68. The SMILES string of the molecule is COc1ccc(C=CC(=O)c2cnn(C(C)C)c2)cc1OC(F)F. The fourth-order valence-corrected chi connectivity index (χ4v) is 2.00. The molecule has 0 fully saturated rings. The van der Waals surface area contributed by atoms with Gasteiger partial charge in [-0.1, -0.05) is 12.1 Å². The monoisotopic (exact) mass is 336 g/mol. The molecule has 128 valence electrons. The maximum Gasteiger partial charge on any atom is 0.387 e. The number of nitrogens with zero attached hydrogens (tertiary/aromatic N) is 2. The largest absolute Gasteiger partial charge is 0.493 e. The van der Waals surface area contributed by atoms with Gasteiger partial charge in [-0.3, -0.25) is 9.48 Å². The van der Waals surface area contributed by atoms with E-state index in [1.807, 2.05) is 13.8 Å². The summed E-state index contributed by atoms with van der Waals surface area (Å²) in [5, 5.41) is 4.10. The highest BCUT2D eigenvalue weighted by atomic mass is 19.3. The Kier molecular flexibility index (Phi) is 5.68. The van der Waals surface area contributed by atoms with Gasteiger partial charge in [0.1, 0.15) is 0 Å². The molecule has 5 nitrogen and oxygen atoms in total. The van der Waals surface area contributed by atoms with Crippen LogP contribution in [0.1, 0.15) is 35.8 Å². The molecule has 2 rings (SSSR count). The van der Waals surface area contributed by atoms with Gasteiger partial charge in [-0.15, -0.1) is 0 Å². The van der Waals surface area contributed by atoms with Crippen LogP contribution in [0, 0.1) is 0 Å². The van der Waals surface area contributed by atoms with Gasteiger partial charge in [0.2, 0.25) is 0 Å². The normalized spacial score (nSPS) is 11.5. The van der Waals surface area contributed by atoms with Crippen molar-refractivity contribution in [2.45, 2.75) is 26.5 Å². The standard InChI is InChI=1S/C17H18F2N2O3/c1-11(2)21-10-13(9-20-21)14(22)6-4-12-5-7-15(23-3)16(8-12)24-17(18)19/h4-11,17H,1-3H3. The number of alkyl halides is 2. The van der Waals surface area contributed by atoms with Gasteiger partial charge in [-0.05, 0) is 37.6 Å². The molecule has 0 saturated heterocycles. The highest BCUT2D eigenvalue weighted by Gasteiger charge is 2.11. The second kappa shape index (κ2) is 7.72. The lowest BCUT2D eigenvalue weighted by molar-refractivity contribution is -0.0512. The van der Waals surface area contributed by atoms with E-state index in [4.69, 9.17) is 4.74 Å². The van der Waals surface area contributed by atoms with Crippen molar-refractivity contribution in [1.29, 1.82) is 0 Å². The molecular weight excluding hydrogens is 318 g/mol. The van der Waals surface area contributed by atoms with Gasteiger partial charge in [0.15, 0.2) is 17.3 Å². The van der Waals surface area contributed by atoms with E-state index in [0.717, 1.165) is 0 Å². The number of benzene rings is 1. The molecule has 0 aliphatic rings. The third kappa shape index (κ3) is 4.41. The predicted molar refractivity (Wildman–Crippen MR) is 85.6 cm³/mol. The van der Waals surface area contributed by atoms with E-state index in [0.29, 0.717) is 11.1 Å². The maximum absolute atomic E-state index is 12.4. The van der Waals surface area contributed by atoms with Crippen molar-refractivity contribution in [3.05, 3.63) is 47.8 Å². The zero-order valence-corrected chi connectivity index (χ0v) is 13.6. The number of ether oxygens (including phenoxy) is 2. The molecule has 0 amide bonds. The Labute approximate surface area is 138 Å². The third-order valence-electron chi connectivity index (χ3n) is 3.25. The minimum Gasteiger partial charge on any atom is -0.493 e. The van der Waals surface area contributed by atoms with Crippen molar-refractivity contribution >= 4 is 11.9 Å². The molecule has 0 spiro atoms. The van der Waals surface area contributed by atoms with Crippen molar-refractivity contribution in [3.63, 3.8) is 0 Å². The summed E-state index contributed by atoms with van der Waals surface area (Å²) in [6.07, 6.45) is 6.03. The van der Waals surface area contributed by atoms with Crippen molar-refractivity contribution in [2.24, 2.45) is 0 Å². The molecule has 0 atom stereocenters. The van der Waals surface area contributed by atoms with Crippen LogP contribution >= 0.6 is 0 Å². The Morgan fingerprint density at radius 1 is 1.29 bits per heavy atom. The lowest BCUT2D eigenvalue weighted by Crippen LogP contribution is -2.03. The summed E-state index contributed by atoms with van der Waals surface area (Å²) in [5.74, 6) is -0.124. The van der Waals surface area contributed by atoms with Crippen LogP contribution in [0.25, 0.3) is 6.08 Å². The van der Waals surface area contributed by atoms with Crippen LogP contribution in [0.5, 0.6) is 11.5 Å². The van der Waals surface area contributed by atoms with Gasteiger partial charge >= 0.3 is 6.61 Å². The quantitative estimate of drug-likeness (QED) is 0.567. The van der Waals surface area contributed by atoms with E-state index in [9.17, 15) is 13.6 Å². The fourth-order valence-electron chi connectivity index (χ4n) is 2.00. The maximum atomic E-state index is 12.4. The average molecular weight is 336 g/mol. The zero-order chi connectivity index (χ0) is 17.7. The Morgan fingerprint density at radius 3 is 2.62 bits per heavy atom. The van der Waals surface area contributed by atoms with Gasteiger partial charge < -0.3 is 9.47 Å². The summed E-state index contributed by atoms with van der Waals surface area (Å²) >= 11 is 0. The van der Waals surface area contributed by atoms with E-state index in [1.165, 1.54) is 37.6 Å². The Balaban J connectivity index is 2.16. The summed E-state index contributed by atoms with van der Waals surface area (Å²) < 4.78 is 35.9. The van der Waals surface area contributed by atoms with Gasteiger partial charge in [-0.2, -0.15) is 13.9 Å². The number of hydrogen-bond donors (Lipinski definition) is 0. The molecule has 1 heterocycles. The molecule has 0 aliphatic carbocycles. The molecule has 0 bridgehead atoms. The summed E-state index contributed by atoms with van der Waals surface area (Å²) in [5.41, 5.74) is 0.994. The van der Waals surface area contributed by atoms with Gasteiger partial charge in [0.05, 0.1) is 18.9 Å². The molecule has 0 N–H and O–H groups in total. The predicted octanol–water partition coefficient (Wildman–Crippen LogP) is 3.97. The number of ketones is 1. The highest BCUT2D eigenvalue weighted by Crippen LogP contribution is 2.30. The van der Waals surface area contributed by atoms with Crippen LogP contribution < -0.4 is 9.47 Å². The molecule has 0 radical (unpaired) electrons. The first-order valence-electron chi connectivity index (χ1n) is 7.30. The van der Waals surface area contributed by atoms with Crippen molar-refractivity contribution in [3.8, 4) is 11.5 Å². The molecule has 24 heavy (non-hydrogen) atoms. The van der Waals surface area contributed by atoms with Gasteiger partial charge in [0.25, 0.3) is 0 Å². The molecule has 0 saturated carbocycles. The molecule has 1 aromatic carbocycles. The Bertz CT molecular complexity index is 739. The number of allylic oxidation sites excluding steroid dienone is 1. The number of halogens is 2. The topological polar surface area (TPSA) is 53.3 Å². The molecule has 1 aromatic heterocycles. The van der Waals surface area contributed by atoms with Crippen LogP contribution in [-0.2, 0) is 0 Å². The van der Waals surface area contributed by atoms with Crippen LogP contribution in [0.15, 0.2) is 36.7 Å². The van der Waals surface area contributed by atoms with Crippen LogP contribution in [0.4, 0.5) is 8.78 Å². The number of carbonyl (C=O) groups excluding carboxylic acids is 1. The van der Waals surface area contributed by atoms with Gasteiger partial charge in [0, 0.05) is 12.2 Å². The molecular formula is C17H18F2N2O3. The third-order valence-corrected chi connectivity index (χ3v) is 3.25. The molecule has 0 aliphatic heterocycles. The van der Waals surface area contributed by atoms with Crippen molar-refractivity contribution in [2.75, 3.05) is 7.11 Å². The molecule has 7 heteroatoms. The van der Waals surface area contributed by atoms with E-state index in [2.05, 4.69) is 9.84 Å². The number of rotatable bonds is 7. The molecule has 0 unspecified atom stereocenters. The van der Waals surface area contributed by atoms with Crippen LogP contribution in [0.2, 0.25) is 0 Å². The number of methoxy groups -OCH3 is 1. The smallest absolute Gasteiger partial charge is 0.387 e. The minimum atomic E-state index is -2.96. The zero-order valence-electron chi connectivity index (χ0n) is 13.6. The second-order valence-electron chi connectivity index (χ2n) is 5.29. The van der Waals surface area contributed by atoms with Crippen molar-refractivity contribution in [1.82, 2.24) is 9.78 Å². The van der Waals surface area contributed by atoms with Crippen molar-refractivity contribution < 1.29 is 23.0 Å². The first-order valence-corrected chi connectivity index (χ1v) is 7.30. The van der Waals surface area contributed by atoms with E-state index >= 15 is 0 Å². The lowest BCUT2D eigenvalue weighted by atomic mass is 10.1. The lowest BCUT2D eigenvalue weighted by Gasteiger charge is -2.10. The number of carbonyl (C=O) groups is 1. The first kappa shape index (κ1) is 17.7. The first-order chi connectivity index (χ1) is 11.4. The Morgan fingerprint density at radius 2 is 2.04 bits per heavy atom. The number of hydrogen-bond acceptors (Lipinski definition) is 4. The van der Waals surface area contributed by atoms with E-state index in [-0.39, 0.29) is 23.3 Å². The Hall–Kier alpha value is -2.70. The fraction of sp³-hybridized carbons (Fsp3) is 0.294. The van der Waals surface area contributed by atoms with Crippen LogP contribution in [-0.4, -0.2) is 29.3 Å². The van der Waals surface area contributed by atoms with Gasteiger partial charge in [-0.25, -0.2) is 0 Å².